The van der Waals surface area contributed by atoms with Crippen molar-refractivity contribution in [2.75, 3.05) is 0 Å². The summed E-state index contributed by atoms with van der Waals surface area (Å²) in [4.78, 5) is 21.5. The molecule has 0 aliphatic rings. The number of aliphatic carboxylic acids is 2. The SMILES string of the molecule is CCCCCCCC/C=C/CCCCCCC(CC(=O)O)C(=O)O. The highest BCUT2D eigenvalue weighted by atomic mass is 16.4. The lowest BCUT2D eigenvalue weighted by Gasteiger charge is -2.09. The molecule has 4 heteroatoms. The number of carboxylic acid groups (broad SMARTS) is 2. The quantitative estimate of drug-likeness (QED) is 0.259. The van der Waals surface area contributed by atoms with Crippen LogP contribution in [0.25, 0.3) is 0 Å². The van der Waals surface area contributed by atoms with Crippen molar-refractivity contribution < 1.29 is 19.8 Å². The molecule has 0 saturated carbocycles. The largest absolute Gasteiger partial charge is 0.481 e. The maximum Gasteiger partial charge on any atom is 0.307 e. The first-order chi connectivity index (χ1) is 11.6. The summed E-state index contributed by atoms with van der Waals surface area (Å²) in [5, 5.41) is 17.6. The van der Waals surface area contributed by atoms with Crippen LogP contribution in [0.4, 0.5) is 0 Å². The lowest BCUT2D eigenvalue weighted by atomic mass is 9.97. The summed E-state index contributed by atoms with van der Waals surface area (Å²) in [6.45, 7) is 2.24. The molecule has 0 aliphatic heterocycles. The Kier molecular flexibility index (Phi) is 15.6. The number of carbonyl (C=O) groups is 2. The first-order valence-electron chi connectivity index (χ1n) is 9.67. The van der Waals surface area contributed by atoms with Gasteiger partial charge in [-0.25, -0.2) is 0 Å². The van der Waals surface area contributed by atoms with Crippen LogP contribution in [0.1, 0.15) is 96.8 Å². The molecule has 0 rings (SSSR count). The molecule has 1 unspecified atom stereocenters. The second-order valence-corrected chi connectivity index (χ2v) is 6.65. The minimum absolute atomic E-state index is 0.267. The third-order valence-corrected chi connectivity index (χ3v) is 4.33. The molecular weight excluding hydrogens is 304 g/mol. The molecule has 0 heterocycles. The summed E-state index contributed by atoms with van der Waals surface area (Å²) in [7, 11) is 0. The van der Waals surface area contributed by atoms with Crippen molar-refractivity contribution in [1.29, 1.82) is 0 Å². The van der Waals surface area contributed by atoms with Crippen LogP contribution in [0.3, 0.4) is 0 Å². The van der Waals surface area contributed by atoms with Crippen molar-refractivity contribution in [2.24, 2.45) is 5.92 Å². The Labute approximate surface area is 147 Å². The van der Waals surface area contributed by atoms with Gasteiger partial charge in [0, 0.05) is 0 Å². The monoisotopic (exact) mass is 340 g/mol. The molecule has 0 fully saturated rings. The summed E-state index contributed by atoms with van der Waals surface area (Å²) in [5.74, 6) is -2.76. The number of rotatable bonds is 17. The Bertz CT molecular complexity index is 350. The summed E-state index contributed by atoms with van der Waals surface area (Å²) in [5.41, 5.74) is 0. The van der Waals surface area contributed by atoms with E-state index >= 15 is 0 Å². The summed E-state index contributed by atoms with van der Waals surface area (Å²) in [6, 6.07) is 0. The first-order valence-corrected chi connectivity index (χ1v) is 9.67. The van der Waals surface area contributed by atoms with Crippen molar-refractivity contribution in [1.82, 2.24) is 0 Å². The molecule has 2 N–H and O–H groups in total. The van der Waals surface area contributed by atoms with E-state index in [0.717, 1.165) is 32.1 Å². The van der Waals surface area contributed by atoms with Gasteiger partial charge in [0.05, 0.1) is 12.3 Å². The van der Waals surface area contributed by atoms with Gasteiger partial charge in [0.1, 0.15) is 0 Å². The molecule has 0 aromatic heterocycles. The Morgan fingerprint density at radius 1 is 0.792 bits per heavy atom. The van der Waals surface area contributed by atoms with Crippen molar-refractivity contribution in [2.45, 2.75) is 96.8 Å². The summed E-state index contributed by atoms with van der Waals surface area (Å²) < 4.78 is 0. The first kappa shape index (κ1) is 22.7. The fourth-order valence-electron chi connectivity index (χ4n) is 2.81. The van der Waals surface area contributed by atoms with Crippen LogP contribution in [0.2, 0.25) is 0 Å². The Balaban J connectivity index is 3.42. The second-order valence-electron chi connectivity index (χ2n) is 6.65. The van der Waals surface area contributed by atoms with Gasteiger partial charge in [0.25, 0.3) is 0 Å². The maximum atomic E-state index is 10.9. The fourth-order valence-corrected chi connectivity index (χ4v) is 2.81. The predicted molar refractivity (Wildman–Crippen MR) is 98.2 cm³/mol. The fraction of sp³-hybridized carbons (Fsp3) is 0.800. The molecule has 0 aliphatic carbocycles. The van der Waals surface area contributed by atoms with E-state index in [1.54, 1.807) is 0 Å². The Morgan fingerprint density at radius 3 is 1.79 bits per heavy atom. The van der Waals surface area contributed by atoms with Crippen molar-refractivity contribution in [3.8, 4) is 0 Å². The summed E-state index contributed by atoms with van der Waals surface area (Å²) in [6.07, 6.45) is 19.0. The third kappa shape index (κ3) is 15.6. The molecule has 0 spiro atoms. The highest BCUT2D eigenvalue weighted by molar-refractivity contribution is 5.77. The van der Waals surface area contributed by atoms with E-state index in [-0.39, 0.29) is 6.42 Å². The lowest BCUT2D eigenvalue weighted by Crippen LogP contribution is -2.17. The van der Waals surface area contributed by atoms with Crippen LogP contribution >= 0.6 is 0 Å². The zero-order chi connectivity index (χ0) is 18.0. The van der Waals surface area contributed by atoms with E-state index in [0.29, 0.717) is 6.42 Å². The average molecular weight is 341 g/mol. The van der Waals surface area contributed by atoms with Gasteiger partial charge in [-0.2, -0.15) is 0 Å². The average Bonchev–Trinajstić information content (AvgIpc) is 2.53. The minimum Gasteiger partial charge on any atom is -0.481 e. The van der Waals surface area contributed by atoms with Crippen LogP contribution in [0.15, 0.2) is 12.2 Å². The van der Waals surface area contributed by atoms with Gasteiger partial charge < -0.3 is 10.2 Å². The minimum atomic E-state index is -1.03. The Hall–Kier alpha value is -1.32. The lowest BCUT2D eigenvalue weighted by molar-refractivity contribution is -0.148. The van der Waals surface area contributed by atoms with E-state index in [9.17, 15) is 9.59 Å². The predicted octanol–water partition coefficient (Wildman–Crippen LogP) is 5.81. The van der Waals surface area contributed by atoms with Crippen LogP contribution in [0.5, 0.6) is 0 Å². The van der Waals surface area contributed by atoms with E-state index in [2.05, 4.69) is 19.1 Å². The van der Waals surface area contributed by atoms with Gasteiger partial charge in [0.2, 0.25) is 0 Å². The van der Waals surface area contributed by atoms with Crippen molar-refractivity contribution in [3.63, 3.8) is 0 Å². The van der Waals surface area contributed by atoms with Crippen LogP contribution < -0.4 is 0 Å². The summed E-state index contributed by atoms with van der Waals surface area (Å²) >= 11 is 0. The smallest absolute Gasteiger partial charge is 0.307 e. The standard InChI is InChI=1S/C20H36O4/c1-2-3-4-5-6-7-8-9-10-11-12-13-14-15-16-18(20(23)24)17-19(21)22/h9-10,18H,2-8,11-17H2,1H3,(H,21,22)(H,23,24)/b10-9+. The highest BCUT2D eigenvalue weighted by Crippen LogP contribution is 2.15. The van der Waals surface area contributed by atoms with Crippen LogP contribution in [0, 0.1) is 5.92 Å². The molecule has 4 nitrogen and oxygen atoms in total. The number of hydrogen-bond acceptors (Lipinski definition) is 2. The maximum absolute atomic E-state index is 10.9. The molecule has 0 bridgehead atoms. The number of allylic oxidation sites excluding steroid dienone is 2. The zero-order valence-corrected chi connectivity index (χ0v) is 15.3. The van der Waals surface area contributed by atoms with Gasteiger partial charge in [0.15, 0.2) is 0 Å². The van der Waals surface area contributed by atoms with Gasteiger partial charge in [-0.3, -0.25) is 9.59 Å². The molecule has 24 heavy (non-hydrogen) atoms. The van der Waals surface area contributed by atoms with Crippen LogP contribution in [-0.4, -0.2) is 22.2 Å². The molecule has 0 aromatic rings. The topological polar surface area (TPSA) is 74.6 Å². The van der Waals surface area contributed by atoms with E-state index in [1.165, 1.54) is 44.9 Å². The number of hydrogen-bond donors (Lipinski definition) is 2. The number of carboxylic acids is 2. The molecule has 140 valence electrons. The highest BCUT2D eigenvalue weighted by Gasteiger charge is 2.19. The van der Waals surface area contributed by atoms with Gasteiger partial charge in [-0.1, -0.05) is 70.4 Å². The molecular formula is C20H36O4. The van der Waals surface area contributed by atoms with Gasteiger partial charge in [-0.15, -0.1) is 0 Å². The molecule has 0 saturated heterocycles. The van der Waals surface area contributed by atoms with Gasteiger partial charge in [-0.05, 0) is 32.1 Å². The third-order valence-electron chi connectivity index (χ3n) is 4.33. The molecule has 0 amide bonds. The van der Waals surface area contributed by atoms with E-state index < -0.39 is 17.9 Å². The van der Waals surface area contributed by atoms with Crippen molar-refractivity contribution >= 4 is 11.9 Å². The van der Waals surface area contributed by atoms with Gasteiger partial charge >= 0.3 is 11.9 Å². The van der Waals surface area contributed by atoms with E-state index in [4.69, 9.17) is 10.2 Å². The Morgan fingerprint density at radius 2 is 1.29 bits per heavy atom. The molecule has 1 atom stereocenters. The zero-order valence-electron chi connectivity index (χ0n) is 15.3. The number of unbranched alkanes of at least 4 members (excludes halogenated alkanes) is 10. The molecule has 0 radical (unpaired) electrons. The van der Waals surface area contributed by atoms with Crippen molar-refractivity contribution in [3.05, 3.63) is 12.2 Å². The van der Waals surface area contributed by atoms with Crippen LogP contribution in [-0.2, 0) is 9.59 Å². The van der Waals surface area contributed by atoms with E-state index in [1.807, 2.05) is 0 Å². The second kappa shape index (κ2) is 16.5. The normalized spacial score (nSPS) is 12.5. The molecule has 0 aromatic carbocycles.